The van der Waals surface area contributed by atoms with Crippen molar-refractivity contribution in [1.29, 1.82) is 0 Å². The van der Waals surface area contributed by atoms with Gasteiger partial charge in [0, 0.05) is 12.8 Å². The van der Waals surface area contributed by atoms with E-state index in [-0.39, 0.29) is 30.8 Å². The van der Waals surface area contributed by atoms with Gasteiger partial charge in [-0.2, -0.15) is 0 Å². The van der Waals surface area contributed by atoms with Gasteiger partial charge in [-0.15, -0.1) is 0 Å². The number of hydrogen-bond acceptors (Lipinski definition) is 7. The van der Waals surface area contributed by atoms with E-state index in [1.54, 1.807) is 24.3 Å². The fraction of sp³-hybridized carbons (Fsp3) is 0.241. The molecule has 3 aromatic carbocycles. The van der Waals surface area contributed by atoms with Gasteiger partial charge in [0.15, 0.2) is 0 Å². The number of phenolic OH excluding ortho intramolecular Hbond substituents is 2. The first-order valence-corrected chi connectivity index (χ1v) is 12.6. The second-order valence-electron chi connectivity index (χ2n) is 9.27. The number of phenols is 2. The average molecular weight is 549 g/mol. The topological polar surface area (TPSA) is 191 Å². The third-order valence-corrected chi connectivity index (χ3v) is 6.07. The summed E-state index contributed by atoms with van der Waals surface area (Å²) in [5.41, 5.74) is 8.19. The molecule has 0 saturated carbocycles. The van der Waals surface area contributed by atoms with Crippen molar-refractivity contribution < 1.29 is 34.5 Å². The zero-order valence-corrected chi connectivity index (χ0v) is 21.6. The molecule has 3 aromatic rings. The number of amides is 3. The smallest absolute Gasteiger partial charge is 0.322 e. The molecule has 210 valence electrons. The first-order chi connectivity index (χ1) is 19.1. The lowest BCUT2D eigenvalue weighted by molar-refractivity contribution is -0.138. The predicted molar refractivity (Wildman–Crippen MR) is 146 cm³/mol. The molecule has 0 radical (unpaired) electrons. The molecular weight excluding hydrogens is 516 g/mol. The van der Waals surface area contributed by atoms with Gasteiger partial charge in [-0.25, -0.2) is 0 Å². The first-order valence-electron chi connectivity index (χ1n) is 12.6. The van der Waals surface area contributed by atoms with Crippen LogP contribution in [-0.4, -0.2) is 63.7 Å². The summed E-state index contributed by atoms with van der Waals surface area (Å²) in [6.07, 6.45) is 0.255. The number of carboxylic acids is 1. The quantitative estimate of drug-likeness (QED) is 0.162. The Morgan fingerprint density at radius 1 is 0.625 bits per heavy atom. The van der Waals surface area contributed by atoms with E-state index in [1.807, 2.05) is 30.3 Å². The van der Waals surface area contributed by atoms with Crippen molar-refractivity contribution >= 4 is 23.7 Å². The molecular formula is C29H32N4O7. The van der Waals surface area contributed by atoms with Crippen molar-refractivity contribution in [3.8, 4) is 11.5 Å². The number of nitrogens with one attached hydrogen (secondary N) is 3. The van der Waals surface area contributed by atoms with Crippen LogP contribution in [0.4, 0.5) is 0 Å². The number of carbonyl (C=O) groups is 4. The zero-order chi connectivity index (χ0) is 29.1. The van der Waals surface area contributed by atoms with E-state index in [0.29, 0.717) is 11.1 Å². The summed E-state index contributed by atoms with van der Waals surface area (Å²) in [6, 6.07) is 17.9. The molecule has 0 bridgehead atoms. The lowest BCUT2D eigenvalue weighted by Gasteiger charge is -2.24. The summed E-state index contributed by atoms with van der Waals surface area (Å²) in [4.78, 5) is 50.3. The zero-order valence-electron chi connectivity index (χ0n) is 21.6. The van der Waals surface area contributed by atoms with Crippen molar-refractivity contribution in [2.75, 3.05) is 6.54 Å². The molecule has 3 unspecified atom stereocenters. The maximum absolute atomic E-state index is 13.5. The monoisotopic (exact) mass is 548 g/mol. The maximum atomic E-state index is 13.5. The van der Waals surface area contributed by atoms with Gasteiger partial charge in [0.1, 0.15) is 30.1 Å². The molecule has 11 heteroatoms. The Morgan fingerprint density at radius 2 is 1.07 bits per heavy atom. The summed E-state index contributed by atoms with van der Waals surface area (Å²) >= 11 is 0. The molecule has 11 nitrogen and oxygen atoms in total. The Morgan fingerprint density at radius 3 is 1.57 bits per heavy atom. The molecule has 3 atom stereocenters. The van der Waals surface area contributed by atoms with Crippen molar-refractivity contribution in [2.45, 2.75) is 37.4 Å². The Balaban J connectivity index is 1.80. The summed E-state index contributed by atoms with van der Waals surface area (Å²) in [5.74, 6) is -3.21. The standard InChI is InChI=1S/C29H32N4O7/c30-23(14-18-4-2-1-3-5-18)27(38)32-25(16-20-8-12-22(35)13-9-20)29(40)33-24(28(39)31-17-26(36)37)15-19-6-10-21(34)11-7-19/h1-13,23-25,34-35H,14-17,30H2,(H,31,39)(H,32,38)(H,33,40)(H,36,37). The van der Waals surface area contributed by atoms with Crippen molar-refractivity contribution in [1.82, 2.24) is 16.0 Å². The summed E-state index contributed by atoms with van der Waals surface area (Å²) in [6.45, 7) is -0.650. The normalized spacial score (nSPS) is 12.9. The van der Waals surface area contributed by atoms with Crippen LogP contribution in [0.1, 0.15) is 16.7 Å². The summed E-state index contributed by atoms with van der Waals surface area (Å²) in [5, 5.41) is 35.7. The van der Waals surface area contributed by atoms with Crippen LogP contribution in [0, 0.1) is 0 Å². The highest BCUT2D eigenvalue weighted by molar-refractivity contribution is 5.94. The Hall–Kier alpha value is -4.90. The van der Waals surface area contributed by atoms with Crippen LogP contribution < -0.4 is 21.7 Å². The molecule has 0 fully saturated rings. The molecule has 0 aliphatic heterocycles. The van der Waals surface area contributed by atoms with Crippen LogP contribution in [0.5, 0.6) is 11.5 Å². The summed E-state index contributed by atoms with van der Waals surface area (Å²) in [7, 11) is 0. The van der Waals surface area contributed by atoms with E-state index in [1.165, 1.54) is 24.3 Å². The van der Waals surface area contributed by atoms with Gasteiger partial charge in [0.05, 0.1) is 6.04 Å². The van der Waals surface area contributed by atoms with Crippen molar-refractivity contribution in [3.05, 3.63) is 95.6 Å². The Kier molecular flexibility index (Phi) is 10.6. The fourth-order valence-corrected chi connectivity index (χ4v) is 3.95. The first kappa shape index (κ1) is 29.7. The largest absolute Gasteiger partial charge is 0.508 e. The lowest BCUT2D eigenvalue weighted by atomic mass is 10.0. The Bertz CT molecular complexity index is 1300. The third-order valence-electron chi connectivity index (χ3n) is 6.07. The van der Waals surface area contributed by atoms with Gasteiger partial charge >= 0.3 is 5.97 Å². The van der Waals surface area contributed by atoms with E-state index in [2.05, 4.69) is 16.0 Å². The van der Waals surface area contributed by atoms with E-state index in [0.717, 1.165) is 5.56 Å². The van der Waals surface area contributed by atoms with Crippen molar-refractivity contribution in [2.24, 2.45) is 5.73 Å². The number of rotatable bonds is 13. The number of carboxylic acid groups (broad SMARTS) is 1. The van der Waals surface area contributed by atoms with Gasteiger partial charge in [-0.3, -0.25) is 19.2 Å². The van der Waals surface area contributed by atoms with E-state index >= 15 is 0 Å². The van der Waals surface area contributed by atoms with Gasteiger partial charge in [-0.05, 0) is 47.4 Å². The molecule has 3 amide bonds. The highest BCUT2D eigenvalue weighted by Crippen LogP contribution is 2.14. The van der Waals surface area contributed by atoms with Crippen LogP contribution in [-0.2, 0) is 38.4 Å². The van der Waals surface area contributed by atoms with Crippen molar-refractivity contribution in [3.63, 3.8) is 0 Å². The van der Waals surface area contributed by atoms with Crippen LogP contribution in [0.2, 0.25) is 0 Å². The molecule has 40 heavy (non-hydrogen) atoms. The van der Waals surface area contributed by atoms with Crippen LogP contribution >= 0.6 is 0 Å². The average Bonchev–Trinajstić information content (AvgIpc) is 2.93. The molecule has 0 heterocycles. The highest BCUT2D eigenvalue weighted by Gasteiger charge is 2.29. The van der Waals surface area contributed by atoms with Crippen LogP contribution in [0.15, 0.2) is 78.9 Å². The lowest BCUT2D eigenvalue weighted by Crippen LogP contribution is -2.57. The van der Waals surface area contributed by atoms with Gasteiger partial charge < -0.3 is 37.0 Å². The minimum Gasteiger partial charge on any atom is -0.508 e. The Labute approximate surface area is 231 Å². The number of aliphatic carboxylic acids is 1. The highest BCUT2D eigenvalue weighted by atomic mass is 16.4. The second kappa shape index (κ2) is 14.3. The second-order valence-corrected chi connectivity index (χ2v) is 9.27. The van der Waals surface area contributed by atoms with E-state index in [9.17, 15) is 29.4 Å². The predicted octanol–water partition coefficient (Wildman–Crippen LogP) is 0.623. The molecule has 0 spiro atoms. The fourth-order valence-electron chi connectivity index (χ4n) is 3.95. The van der Waals surface area contributed by atoms with Gasteiger partial charge in [0.25, 0.3) is 0 Å². The summed E-state index contributed by atoms with van der Waals surface area (Å²) < 4.78 is 0. The van der Waals surface area contributed by atoms with E-state index < -0.39 is 48.4 Å². The minimum atomic E-state index is -1.26. The third kappa shape index (κ3) is 9.44. The van der Waals surface area contributed by atoms with E-state index in [4.69, 9.17) is 10.8 Å². The van der Waals surface area contributed by atoms with Gasteiger partial charge in [-0.1, -0.05) is 54.6 Å². The number of carbonyl (C=O) groups excluding carboxylic acids is 3. The molecule has 8 N–H and O–H groups in total. The van der Waals surface area contributed by atoms with Gasteiger partial charge in [0.2, 0.25) is 17.7 Å². The molecule has 0 aliphatic rings. The number of benzene rings is 3. The number of hydrogen-bond donors (Lipinski definition) is 7. The maximum Gasteiger partial charge on any atom is 0.322 e. The molecule has 0 saturated heterocycles. The number of nitrogens with two attached hydrogens (primary N) is 1. The van der Waals surface area contributed by atoms with Crippen LogP contribution in [0.25, 0.3) is 0 Å². The minimum absolute atomic E-state index is 0.00906. The SMILES string of the molecule is NC(Cc1ccccc1)C(=O)NC(Cc1ccc(O)cc1)C(=O)NC(Cc1ccc(O)cc1)C(=O)NCC(=O)O. The molecule has 0 aromatic heterocycles. The molecule has 0 aliphatic carbocycles. The van der Waals surface area contributed by atoms with Crippen LogP contribution in [0.3, 0.4) is 0 Å². The molecule has 3 rings (SSSR count). The number of aromatic hydroxyl groups is 2.